The number of nitrogens with one attached hydrogen (secondary N) is 1. The van der Waals surface area contributed by atoms with Crippen molar-refractivity contribution in [3.05, 3.63) is 0 Å². The van der Waals surface area contributed by atoms with Crippen LogP contribution in [-0.4, -0.2) is 74.2 Å². The van der Waals surface area contributed by atoms with Gasteiger partial charge in [0.15, 0.2) is 0 Å². The third-order valence-corrected chi connectivity index (χ3v) is 4.56. The van der Waals surface area contributed by atoms with Gasteiger partial charge in [-0.3, -0.25) is 9.69 Å². The Morgan fingerprint density at radius 1 is 1.10 bits per heavy atom. The van der Waals surface area contributed by atoms with Gasteiger partial charge in [0, 0.05) is 32.2 Å². The molecule has 0 bridgehead atoms. The van der Waals surface area contributed by atoms with Gasteiger partial charge in [0.25, 0.3) is 0 Å². The van der Waals surface area contributed by atoms with Crippen LogP contribution in [0.2, 0.25) is 0 Å². The molecule has 1 N–H and O–H groups in total. The van der Waals surface area contributed by atoms with Crippen LogP contribution >= 0.6 is 24.8 Å². The van der Waals surface area contributed by atoms with Gasteiger partial charge in [-0.05, 0) is 25.9 Å². The standard InChI is InChI=1S/C14H25N3O2.2ClH/c18-14(12-8-15-4-7-19-11-12)17-9-13(10-17)16-5-2-1-3-6-16;;/h12-13,15H,1-11H2;2*1H. The second kappa shape index (κ2) is 9.16. The second-order valence-electron chi connectivity index (χ2n) is 5.97. The van der Waals surface area contributed by atoms with Gasteiger partial charge >= 0.3 is 0 Å². The monoisotopic (exact) mass is 339 g/mol. The number of likely N-dealkylation sites (tertiary alicyclic amines) is 2. The lowest BCUT2D eigenvalue weighted by molar-refractivity contribution is -0.144. The number of hydrogen-bond donors (Lipinski definition) is 1. The van der Waals surface area contributed by atoms with Crippen LogP contribution in [0.3, 0.4) is 0 Å². The van der Waals surface area contributed by atoms with Crippen LogP contribution in [0.15, 0.2) is 0 Å². The number of carbonyl (C=O) groups is 1. The molecule has 0 aliphatic carbocycles. The van der Waals surface area contributed by atoms with Crippen LogP contribution in [0.5, 0.6) is 0 Å². The minimum absolute atomic E-state index is 0. The van der Waals surface area contributed by atoms with Gasteiger partial charge in [-0.1, -0.05) is 6.42 Å². The van der Waals surface area contributed by atoms with E-state index in [-0.39, 0.29) is 36.6 Å². The largest absolute Gasteiger partial charge is 0.379 e. The van der Waals surface area contributed by atoms with E-state index >= 15 is 0 Å². The third-order valence-electron chi connectivity index (χ3n) is 4.56. The molecule has 3 aliphatic rings. The summed E-state index contributed by atoms with van der Waals surface area (Å²) in [5, 5.41) is 3.27. The Kier molecular flexibility index (Phi) is 8.27. The molecule has 5 nitrogen and oxygen atoms in total. The van der Waals surface area contributed by atoms with Crippen LogP contribution in [-0.2, 0) is 9.53 Å². The van der Waals surface area contributed by atoms with Crippen molar-refractivity contribution < 1.29 is 9.53 Å². The summed E-state index contributed by atoms with van der Waals surface area (Å²) in [6.45, 7) is 7.23. The van der Waals surface area contributed by atoms with E-state index < -0.39 is 0 Å². The predicted octanol–water partition coefficient (Wildman–Crippen LogP) is 0.763. The fraction of sp³-hybridized carbons (Fsp3) is 0.929. The molecule has 0 aromatic rings. The maximum atomic E-state index is 12.3. The highest BCUT2D eigenvalue weighted by Gasteiger charge is 2.37. The summed E-state index contributed by atoms with van der Waals surface area (Å²) in [4.78, 5) is 16.9. The average Bonchev–Trinajstić information content (AvgIpc) is 2.67. The molecule has 21 heavy (non-hydrogen) atoms. The van der Waals surface area contributed by atoms with E-state index in [0.717, 1.165) is 32.8 Å². The van der Waals surface area contributed by atoms with Crippen molar-refractivity contribution in [1.82, 2.24) is 15.1 Å². The normalized spacial score (nSPS) is 27.8. The molecule has 1 atom stereocenters. The van der Waals surface area contributed by atoms with Crippen LogP contribution in [0.1, 0.15) is 19.3 Å². The molecule has 0 spiro atoms. The number of piperidine rings is 1. The maximum Gasteiger partial charge on any atom is 0.229 e. The third kappa shape index (κ3) is 4.70. The zero-order valence-corrected chi connectivity index (χ0v) is 14.1. The molecule has 3 saturated heterocycles. The lowest BCUT2D eigenvalue weighted by atomic mass is 10.00. The Labute approximate surface area is 139 Å². The molecule has 3 heterocycles. The summed E-state index contributed by atoms with van der Waals surface area (Å²) < 4.78 is 5.47. The van der Waals surface area contributed by atoms with Gasteiger partial charge in [-0.15, -0.1) is 24.8 Å². The minimum atomic E-state index is 0. The highest BCUT2D eigenvalue weighted by Crippen LogP contribution is 2.21. The zero-order valence-electron chi connectivity index (χ0n) is 12.5. The van der Waals surface area contributed by atoms with E-state index in [1.54, 1.807) is 0 Å². The lowest BCUT2D eigenvalue weighted by Crippen LogP contribution is -2.63. The summed E-state index contributed by atoms with van der Waals surface area (Å²) in [5.74, 6) is 0.299. The molecule has 0 aromatic heterocycles. The van der Waals surface area contributed by atoms with Gasteiger partial charge in [0.2, 0.25) is 5.91 Å². The Hall–Kier alpha value is -0.0700. The molecular weight excluding hydrogens is 313 g/mol. The number of halogens is 2. The zero-order chi connectivity index (χ0) is 13.1. The van der Waals surface area contributed by atoms with E-state index in [4.69, 9.17) is 4.74 Å². The molecule has 3 fully saturated rings. The fourth-order valence-electron chi connectivity index (χ4n) is 3.27. The molecule has 1 amide bonds. The molecule has 7 heteroatoms. The fourth-order valence-corrected chi connectivity index (χ4v) is 3.27. The van der Waals surface area contributed by atoms with Crippen molar-refractivity contribution in [2.24, 2.45) is 5.92 Å². The number of amides is 1. The van der Waals surface area contributed by atoms with Crippen molar-refractivity contribution >= 4 is 30.7 Å². The SMILES string of the molecule is Cl.Cl.O=C(C1CNCCOC1)N1CC(N2CCCCC2)C1. The Balaban J connectivity index is 0.00000110. The molecule has 0 aromatic carbocycles. The molecular formula is C14H27Cl2N3O2. The number of ether oxygens (including phenoxy) is 1. The van der Waals surface area contributed by atoms with Crippen LogP contribution in [0.4, 0.5) is 0 Å². The van der Waals surface area contributed by atoms with Gasteiger partial charge in [-0.25, -0.2) is 0 Å². The van der Waals surface area contributed by atoms with Crippen LogP contribution in [0.25, 0.3) is 0 Å². The van der Waals surface area contributed by atoms with E-state index in [2.05, 4.69) is 10.2 Å². The summed E-state index contributed by atoms with van der Waals surface area (Å²) in [6, 6.07) is 0.615. The van der Waals surface area contributed by atoms with E-state index in [1.165, 1.54) is 32.4 Å². The number of rotatable bonds is 2. The average molecular weight is 340 g/mol. The summed E-state index contributed by atoms with van der Waals surface area (Å²) in [7, 11) is 0. The summed E-state index contributed by atoms with van der Waals surface area (Å²) in [5.41, 5.74) is 0. The number of hydrogen-bond acceptors (Lipinski definition) is 4. The van der Waals surface area contributed by atoms with Crippen molar-refractivity contribution in [2.75, 3.05) is 52.5 Å². The number of carbonyl (C=O) groups excluding carboxylic acids is 1. The molecule has 3 rings (SSSR count). The second-order valence-corrected chi connectivity index (χ2v) is 5.97. The first-order chi connectivity index (χ1) is 9.34. The smallest absolute Gasteiger partial charge is 0.229 e. The van der Waals surface area contributed by atoms with Crippen molar-refractivity contribution in [3.63, 3.8) is 0 Å². The molecule has 1 unspecified atom stereocenters. The topological polar surface area (TPSA) is 44.8 Å². The van der Waals surface area contributed by atoms with Gasteiger partial charge in [0.1, 0.15) is 0 Å². The Bertz CT molecular complexity index is 313. The quantitative estimate of drug-likeness (QED) is 0.806. The molecule has 0 saturated carbocycles. The van der Waals surface area contributed by atoms with Crippen LogP contribution < -0.4 is 5.32 Å². The highest BCUT2D eigenvalue weighted by molar-refractivity contribution is 5.85. The first-order valence-electron chi connectivity index (χ1n) is 7.66. The first kappa shape index (κ1) is 19.0. The van der Waals surface area contributed by atoms with Gasteiger partial charge < -0.3 is 15.0 Å². The Morgan fingerprint density at radius 3 is 2.52 bits per heavy atom. The molecule has 3 aliphatic heterocycles. The van der Waals surface area contributed by atoms with E-state index in [1.807, 2.05) is 4.90 Å². The highest BCUT2D eigenvalue weighted by atomic mass is 35.5. The summed E-state index contributed by atoms with van der Waals surface area (Å²) >= 11 is 0. The first-order valence-corrected chi connectivity index (χ1v) is 7.66. The summed E-state index contributed by atoms with van der Waals surface area (Å²) in [6.07, 6.45) is 4.02. The van der Waals surface area contributed by atoms with Crippen LogP contribution in [0, 0.1) is 5.92 Å². The maximum absolute atomic E-state index is 12.3. The van der Waals surface area contributed by atoms with Crippen molar-refractivity contribution in [3.8, 4) is 0 Å². The Morgan fingerprint density at radius 2 is 1.81 bits per heavy atom. The van der Waals surface area contributed by atoms with Crippen molar-refractivity contribution in [1.29, 1.82) is 0 Å². The van der Waals surface area contributed by atoms with Crippen molar-refractivity contribution in [2.45, 2.75) is 25.3 Å². The number of nitrogens with zero attached hydrogens (tertiary/aromatic N) is 2. The lowest BCUT2D eigenvalue weighted by Gasteiger charge is -2.47. The van der Waals surface area contributed by atoms with Gasteiger partial charge in [-0.2, -0.15) is 0 Å². The van der Waals surface area contributed by atoms with Gasteiger partial charge in [0.05, 0.1) is 19.1 Å². The van der Waals surface area contributed by atoms with E-state index in [9.17, 15) is 4.79 Å². The molecule has 0 radical (unpaired) electrons. The minimum Gasteiger partial charge on any atom is -0.379 e. The predicted molar refractivity (Wildman–Crippen MR) is 87.5 cm³/mol. The van der Waals surface area contributed by atoms with E-state index in [0.29, 0.717) is 12.6 Å². The molecule has 124 valence electrons.